The zero-order valence-corrected chi connectivity index (χ0v) is 34.1. The van der Waals surface area contributed by atoms with Crippen LogP contribution < -0.4 is 10.6 Å². The maximum Gasteiger partial charge on any atom is 0.418 e. The number of para-hydroxylation sites is 2. The maximum atomic E-state index is 12.6. The molecule has 298 valence electrons. The maximum absolute atomic E-state index is 12.6. The molecule has 0 atom stereocenters. The predicted molar refractivity (Wildman–Crippen MR) is 227 cm³/mol. The highest BCUT2D eigenvalue weighted by atomic mass is 32.2. The van der Waals surface area contributed by atoms with E-state index in [0.29, 0.717) is 11.4 Å². The fourth-order valence-corrected chi connectivity index (χ4v) is 7.66. The van der Waals surface area contributed by atoms with Crippen molar-refractivity contribution in [1.29, 1.82) is 0 Å². The fourth-order valence-electron chi connectivity index (χ4n) is 5.63. The number of carbonyl (C=O) groups excluding carboxylic acids is 4. The number of esters is 2. The van der Waals surface area contributed by atoms with Crippen molar-refractivity contribution < 1.29 is 28.7 Å². The quantitative estimate of drug-likeness (QED) is 0.0321. The number of ether oxygens (including phenoxy) is 2. The van der Waals surface area contributed by atoms with Crippen LogP contribution in [0.2, 0.25) is 0 Å². The summed E-state index contributed by atoms with van der Waals surface area (Å²) in [5.41, 5.74) is 3.87. The number of rotatable bonds is 24. The van der Waals surface area contributed by atoms with Crippen LogP contribution in [-0.2, 0) is 41.5 Å². The molecular weight excluding hydrogens is 745 g/mol. The van der Waals surface area contributed by atoms with E-state index < -0.39 is 37.0 Å². The summed E-state index contributed by atoms with van der Waals surface area (Å²) in [6.07, 6.45) is 6.20. The molecule has 0 fully saturated rings. The second-order valence-electron chi connectivity index (χ2n) is 13.4. The number of hydrogen-bond acceptors (Lipinski definition) is 10. The van der Waals surface area contributed by atoms with Gasteiger partial charge in [0.15, 0.2) is 13.2 Å². The molecule has 4 aromatic carbocycles. The Morgan fingerprint density at radius 2 is 0.875 bits per heavy atom. The van der Waals surface area contributed by atoms with Crippen LogP contribution in [0.4, 0.5) is 11.4 Å². The first kappa shape index (κ1) is 44.1. The van der Waals surface area contributed by atoms with Crippen LogP contribution in [0.15, 0.2) is 119 Å². The molecule has 0 saturated heterocycles. The lowest BCUT2D eigenvalue weighted by Gasteiger charge is -2.16. The lowest BCUT2D eigenvalue weighted by atomic mass is 10.1. The molecule has 12 heteroatoms. The molecule has 2 amide bonds. The Morgan fingerprint density at radius 3 is 1.29 bits per heavy atom. The number of amides is 2. The number of benzene rings is 4. The lowest BCUT2D eigenvalue weighted by molar-refractivity contribution is -0.168. The monoisotopic (exact) mass is 798 g/mol. The van der Waals surface area contributed by atoms with E-state index in [1.807, 2.05) is 48.5 Å². The van der Waals surface area contributed by atoms with Crippen LogP contribution in [0, 0.1) is 0 Å². The average molecular weight is 799 g/mol. The van der Waals surface area contributed by atoms with Crippen LogP contribution >= 0.6 is 23.5 Å². The van der Waals surface area contributed by atoms with Crippen molar-refractivity contribution in [2.75, 3.05) is 75.6 Å². The van der Waals surface area contributed by atoms with E-state index in [1.54, 1.807) is 35.7 Å². The molecular formula is C44H54N4O6S2. The summed E-state index contributed by atoms with van der Waals surface area (Å²) in [7, 11) is 4.28. The number of anilines is 2. The number of carbonyl (C=O) groups is 4. The molecule has 0 aliphatic carbocycles. The topological polar surface area (TPSA) is 117 Å². The van der Waals surface area contributed by atoms with Crippen molar-refractivity contribution in [3.63, 3.8) is 0 Å². The van der Waals surface area contributed by atoms with Crippen LogP contribution in [0.25, 0.3) is 0 Å². The van der Waals surface area contributed by atoms with Gasteiger partial charge in [-0.2, -0.15) is 0 Å². The summed E-state index contributed by atoms with van der Waals surface area (Å²) in [4.78, 5) is 56.2. The van der Waals surface area contributed by atoms with Crippen molar-refractivity contribution in [3.05, 3.63) is 120 Å². The normalized spacial score (nSPS) is 11.0. The third-order valence-corrected chi connectivity index (χ3v) is 11.1. The minimum atomic E-state index is -1.36. The molecule has 0 spiro atoms. The highest BCUT2D eigenvalue weighted by Gasteiger charge is 2.21. The van der Waals surface area contributed by atoms with Crippen LogP contribution in [0.5, 0.6) is 0 Å². The van der Waals surface area contributed by atoms with E-state index in [1.165, 1.54) is 11.1 Å². The van der Waals surface area contributed by atoms with Gasteiger partial charge in [0.2, 0.25) is 0 Å². The largest absolute Gasteiger partial charge is 0.447 e. The highest BCUT2D eigenvalue weighted by molar-refractivity contribution is 7.99. The summed E-state index contributed by atoms with van der Waals surface area (Å²) in [5, 5.41) is 5.50. The SMILES string of the molecule is CN(CCCCSc1ccccc1NC(=O)COC(=O)C(=O)OCC(=O)Nc1ccccc1SCCCCN(C)CCc1ccccc1)CCc1ccccc1. The number of unbranched alkanes of at least 4 members (excludes halogenated alkanes) is 2. The number of likely N-dealkylation sites (N-methyl/N-ethyl adjacent to an activating group) is 2. The van der Waals surface area contributed by atoms with Crippen molar-refractivity contribution in [2.24, 2.45) is 0 Å². The van der Waals surface area contributed by atoms with E-state index >= 15 is 0 Å². The minimum absolute atomic E-state index is 0.596. The van der Waals surface area contributed by atoms with Gasteiger partial charge in [0.05, 0.1) is 11.4 Å². The molecule has 0 unspecified atom stereocenters. The van der Waals surface area contributed by atoms with E-state index in [9.17, 15) is 19.2 Å². The average Bonchev–Trinajstić information content (AvgIpc) is 3.22. The summed E-state index contributed by atoms with van der Waals surface area (Å²) in [6, 6.07) is 35.8. The zero-order valence-electron chi connectivity index (χ0n) is 32.5. The molecule has 0 bridgehead atoms. The van der Waals surface area contributed by atoms with Gasteiger partial charge in [-0.05, 0) is 113 Å². The third-order valence-electron chi connectivity index (χ3n) is 8.79. The molecule has 0 radical (unpaired) electrons. The van der Waals surface area contributed by atoms with Crippen molar-refractivity contribution in [1.82, 2.24) is 9.80 Å². The van der Waals surface area contributed by atoms with E-state index in [2.05, 4.69) is 83.1 Å². The first-order valence-corrected chi connectivity index (χ1v) is 21.1. The highest BCUT2D eigenvalue weighted by Crippen LogP contribution is 2.29. The number of nitrogens with one attached hydrogen (secondary N) is 2. The first-order valence-electron chi connectivity index (χ1n) is 19.1. The lowest BCUT2D eigenvalue weighted by Crippen LogP contribution is -2.29. The number of hydrogen-bond donors (Lipinski definition) is 2. The van der Waals surface area contributed by atoms with Crippen LogP contribution in [0.1, 0.15) is 36.8 Å². The number of nitrogens with zero attached hydrogens (tertiary/aromatic N) is 2. The smallest absolute Gasteiger partial charge is 0.418 e. The Bertz CT molecular complexity index is 1670. The van der Waals surface area contributed by atoms with Gasteiger partial charge < -0.3 is 29.9 Å². The van der Waals surface area contributed by atoms with Crippen molar-refractivity contribution >= 4 is 58.7 Å². The van der Waals surface area contributed by atoms with E-state index in [-0.39, 0.29) is 0 Å². The zero-order chi connectivity index (χ0) is 39.8. The molecule has 0 aliphatic rings. The molecule has 4 rings (SSSR count). The minimum Gasteiger partial charge on any atom is -0.447 e. The molecule has 56 heavy (non-hydrogen) atoms. The summed E-state index contributed by atoms with van der Waals surface area (Å²) >= 11 is 3.28. The molecule has 2 N–H and O–H groups in total. The standard InChI is InChI=1S/C44H54N4O6S2/c1-47(29-25-35-17-5-3-6-18-35)27-13-15-31-55-39-23-11-9-21-37(39)45-41(49)33-53-43(51)44(52)54-34-42(50)46-38-22-10-12-24-40(38)56-32-16-14-28-48(2)30-26-36-19-7-4-8-20-36/h3-12,17-24H,13-16,25-34H2,1-2H3,(H,45,49)(H,46,50). The molecule has 0 saturated carbocycles. The predicted octanol–water partition coefficient (Wildman–Crippen LogP) is 7.44. The van der Waals surface area contributed by atoms with Gasteiger partial charge in [-0.15, -0.1) is 23.5 Å². The summed E-state index contributed by atoms with van der Waals surface area (Å²) in [6.45, 7) is 2.67. The van der Waals surface area contributed by atoms with Gasteiger partial charge in [0.25, 0.3) is 11.8 Å². The Morgan fingerprint density at radius 1 is 0.500 bits per heavy atom. The first-order chi connectivity index (χ1) is 27.3. The Hall–Kier alpha value is -4.62. The fraction of sp³-hybridized carbons (Fsp3) is 0.364. The van der Waals surface area contributed by atoms with Gasteiger partial charge in [-0.25, -0.2) is 9.59 Å². The Balaban J connectivity index is 1.07. The summed E-state index contributed by atoms with van der Waals surface area (Å²) < 4.78 is 9.74. The van der Waals surface area contributed by atoms with Crippen molar-refractivity contribution in [3.8, 4) is 0 Å². The summed E-state index contributed by atoms with van der Waals surface area (Å²) in [5.74, 6) is -2.14. The molecule has 0 aromatic heterocycles. The van der Waals surface area contributed by atoms with Crippen LogP contribution in [0.3, 0.4) is 0 Å². The number of thioether (sulfide) groups is 2. The Labute approximate surface area is 340 Å². The van der Waals surface area contributed by atoms with E-state index in [4.69, 9.17) is 9.47 Å². The van der Waals surface area contributed by atoms with E-state index in [0.717, 1.165) is 86.0 Å². The van der Waals surface area contributed by atoms with Gasteiger partial charge in [-0.1, -0.05) is 84.9 Å². The van der Waals surface area contributed by atoms with Gasteiger partial charge in [0, 0.05) is 22.9 Å². The molecule has 10 nitrogen and oxygen atoms in total. The van der Waals surface area contributed by atoms with Gasteiger partial charge >= 0.3 is 11.9 Å². The Kier molecular flexibility index (Phi) is 20.1. The second kappa shape index (κ2) is 25.5. The van der Waals surface area contributed by atoms with Crippen molar-refractivity contribution in [2.45, 2.75) is 48.3 Å². The molecule has 0 heterocycles. The molecule has 4 aromatic rings. The third kappa shape index (κ3) is 17.5. The van der Waals surface area contributed by atoms with Gasteiger partial charge in [-0.3, -0.25) is 9.59 Å². The second-order valence-corrected chi connectivity index (χ2v) is 15.7. The molecule has 0 aliphatic heterocycles. The van der Waals surface area contributed by atoms with Gasteiger partial charge in [0.1, 0.15) is 0 Å². The van der Waals surface area contributed by atoms with Crippen LogP contribution in [-0.4, -0.2) is 98.5 Å².